The minimum atomic E-state index is -1.23. The molecule has 0 aliphatic heterocycles. The number of carbonyl (C=O) groups excluding carboxylic acids is 1. The highest BCUT2D eigenvalue weighted by Crippen LogP contribution is 2.29. The number of ether oxygens (including phenoxy) is 2. The number of carbonyl (C=O) groups is 2. The van der Waals surface area contributed by atoms with Crippen LogP contribution < -0.4 is 10.1 Å². The summed E-state index contributed by atoms with van der Waals surface area (Å²) in [4.78, 5) is 27.9. The first-order valence-electron chi connectivity index (χ1n) is 10.2. The molecule has 10 nitrogen and oxygen atoms in total. The predicted molar refractivity (Wildman–Crippen MR) is 118 cm³/mol. The summed E-state index contributed by atoms with van der Waals surface area (Å²) < 4.78 is 16.4. The summed E-state index contributed by atoms with van der Waals surface area (Å²) in [5.74, 6) is -0.961. The third-order valence-corrected chi connectivity index (χ3v) is 4.55. The lowest BCUT2D eigenvalue weighted by Gasteiger charge is -2.29. The van der Waals surface area contributed by atoms with E-state index in [0.717, 1.165) is 5.56 Å². The van der Waals surface area contributed by atoms with Crippen LogP contribution in [0.3, 0.4) is 0 Å². The van der Waals surface area contributed by atoms with Gasteiger partial charge in [0.25, 0.3) is 0 Å². The Morgan fingerprint density at radius 1 is 1.09 bits per heavy atom. The molecule has 10 heteroatoms. The molecule has 0 radical (unpaired) electrons. The molecule has 0 saturated heterocycles. The Bertz CT molecular complexity index is 1140. The topological polar surface area (TPSA) is 137 Å². The molecule has 2 heterocycles. The molecule has 3 aromatic rings. The molecule has 1 aromatic carbocycles. The van der Waals surface area contributed by atoms with E-state index in [4.69, 9.17) is 13.9 Å². The number of carboxylic acid groups (broad SMARTS) is 1. The van der Waals surface area contributed by atoms with Crippen molar-refractivity contribution in [3.8, 4) is 17.3 Å². The Labute approximate surface area is 191 Å². The second kappa shape index (κ2) is 9.27. The Kier molecular flexibility index (Phi) is 6.66. The number of amides is 1. The Morgan fingerprint density at radius 3 is 2.39 bits per heavy atom. The van der Waals surface area contributed by atoms with Crippen LogP contribution in [-0.4, -0.2) is 45.1 Å². The fourth-order valence-corrected chi connectivity index (χ4v) is 3.11. The molecule has 174 valence electrons. The number of alkyl carbamates (subject to hydrolysis) is 1. The van der Waals surface area contributed by atoms with E-state index in [0.29, 0.717) is 12.0 Å². The Hall–Kier alpha value is -3.95. The number of hydrogen-bond donors (Lipinski definition) is 2. The molecule has 2 aromatic heterocycles. The van der Waals surface area contributed by atoms with Gasteiger partial charge in [-0.15, -0.1) is 10.2 Å². The summed E-state index contributed by atoms with van der Waals surface area (Å²) in [5.41, 5.74) is -0.796. The minimum Gasteiger partial charge on any atom is -0.481 e. The largest absolute Gasteiger partial charge is 0.481 e. The molecule has 0 spiro atoms. The molecule has 0 saturated carbocycles. The monoisotopic (exact) mass is 454 g/mol. The van der Waals surface area contributed by atoms with Gasteiger partial charge in [0.15, 0.2) is 5.69 Å². The summed E-state index contributed by atoms with van der Waals surface area (Å²) in [5, 5.41) is 20.4. The van der Waals surface area contributed by atoms with Crippen LogP contribution in [0.2, 0.25) is 0 Å². The Morgan fingerprint density at radius 2 is 1.79 bits per heavy atom. The van der Waals surface area contributed by atoms with E-state index in [-0.39, 0.29) is 23.4 Å². The average Bonchev–Trinajstić information content (AvgIpc) is 3.24. The van der Waals surface area contributed by atoms with Gasteiger partial charge >= 0.3 is 12.1 Å². The first-order valence-corrected chi connectivity index (χ1v) is 10.2. The number of carboxylic acids is 1. The van der Waals surface area contributed by atoms with Gasteiger partial charge in [-0.1, -0.05) is 30.3 Å². The molecule has 2 N–H and O–H groups in total. The van der Waals surface area contributed by atoms with Crippen LogP contribution in [0.15, 0.2) is 46.9 Å². The maximum absolute atomic E-state index is 12.6. The van der Waals surface area contributed by atoms with Crippen molar-refractivity contribution in [1.29, 1.82) is 0 Å². The van der Waals surface area contributed by atoms with E-state index in [9.17, 15) is 14.7 Å². The third kappa shape index (κ3) is 6.06. The molecule has 3 rings (SSSR count). The fourth-order valence-electron chi connectivity index (χ4n) is 3.11. The van der Waals surface area contributed by atoms with Crippen molar-refractivity contribution in [2.24, 2.45) is 0 Å². The molecule has 0 bridgehead atoms. The van der Waals surface area contributed by atoms with Gasteiger partial charge in [-0.05, 0) is 39.3 Å². The van der Waals surface area contributed by atoms with Crippen molar-refractivity contribution >= 4 is 12.1 Å². The number of aromatic carboxylic acids is 1. The fraction of sp³-hybridized carbons (Fsp3) is 0.348. The Balaban J connectivity index is 1.99. The van der Waals surface area contributed by atoms with Crippen molar-refractivity contribution in [1.82, 2.24) is 20.5 Å². The molecule has 0 aliphatic carbocycles. The molecular formula is C23H26N4O6. The second-order valence-corrected chi connectivity index (χ2v) is 8.62. The van der Waals surface area contributed by atoms with Crippen molar-refractivity contribution in [3.05, 3.63) is 59.6 Å². The zero-order valence-electron chi connectivity index (χ0n) is 19.1. The predicted octanol–water partition coefficient (Wildman–Crippen LogP) is 3.82. The van der Waals surface area contributed by atoms with E-state index >= 15 is 0 Å². The van der Waals surface area contributed by atoms with E-state index in [1.54, 1.807) is 27.7 Å². The number of nitrogens with one attached hydrogen (secondary N) is 1. The highest BCUT2D eigenvalue weighted by atomic mass is 16.6. The molecule has 1 amide bonds. The number of hydrogen-bond acceptors (Lipinski definition) is 8. The lowest BCUT2D eigenvalue weighted by molar-refractivity contribution is 0.0443. The van der Waals surface area contributed by atoms with Gasteiger partial charge < -0.3 is 24.3 Å². The van der Waals surface area contributed by atoms with Crippen LogP contribution in [0.4, 0.5) is 4.79 Å². The number of nitrogens with zero attached hydrogens (tertiary/aromatic N) is 3. The van der Waals surface area contributed by atoms with Crippen LogP contribution in [-0.2, 0) is 16.7 Å². The SMILES string of the molecule is COc1cc(-c2nnc(C(C)(Cc3ccccc3)NC(=O)OC(C)(C)C)o2)cc(C(=O)O)n1. The van der Waals surface area contributed by atoms with Gasteiger partial charge in [-0.25, -0.2) is 14.6 Å². The lowest BCUT2D eigenvalue weighted by Crippen LogP contribution is -2.47. The first kappa shape index (κ1) is 23.7. The van der Waals surface area contributed by atoms with Crippen LogP contribution in [0.5, 0.6) is 5.88 Å². The van der Waals surface area contributed by atoms with Gasteiger partial charge in [0, 0.05) is 18.1 Å². The quantitative estimate of drug-likeness (QED) is 0.546. The van der Waals surface area contributed by atoms with E-state index < -0.39 is 23.2 Å². The van der Waals surface area contributed by atoms with Crippen molar-refractivity contribution < 1.29 is 28.6 Å². The van der Waals surface area contributed by atoms with Gasteiger partial charge in [0.1, 0.15) is 11.1 Å². The van der Waals surface area contributed by atoms with Crippen molar-refractivity contribution in [2.75, 3.05) is 7.11 Å². The molecule has 1 atom stereocenters. The van der Waals surface area contributed by atoms with Crippen LogP contribution in [0.1, 0.15) is 49.6 Å². The summed E-state index contributed by atoms with van der Waals surface area (Å²) in [6.45, 7) is 7.05. The zero-order chi connectivity index (χ0) is 24.2. The second-order valence-electron chi connectivity index (χ2n) is 8.62. The van der Waals surface area contributed by atoms with E-state index in [1.165, 1.54) is 19.2 Å². The summed E-state index contributed by atoms with van der Waals surface area (Å²) in [6.07, 6.45) is -0.297. The van der Waals surface area contributed by atoms with Gasteiger partial charge in [-0.3, -0.25) is 0 Å². The highest BCUT2D eigenvalue weighted by molar-refractivity contribution is 5.87. The molecule has 33 heavy (non-hydrogen) atoms. The van der Waals surface area contributed by atoms with Crippen LogP contribution >= 0.6 is 0 Å². The van der Waals surface area contributed by atoms with Gasteiger partial charge in [0.05, 0.1) is 7.11 Å². The zero-order valence-corrected chi connectivity index (χ0v) is 19.1. The summed E-state index contributed by atoms with van der Waals surface area (Å²) in [6, 6.07) is 12.3. The van der Waals surface area contributed by atoms with Crippen molar-refractivity contribution in [2.45, 2.75) is 45.3 Å². The number of methoxy groups -OCH3 is 1. The van der Waals surface area contributed by atoms with Gasteiger partial charge in [-0.2, -0.15) is 0 Å². The van der Waals surface area contributed by atoms with Crippen LogP contribution in [0, 0.1) is 0 Å². The molecular weight excluding hydrogens is 428 g/mol. The molecule has 0 fully saturated rings. The average molecular weight is 454 g/mol. The van der Waals surface area contributed by atoms with E-state index in [2.05, 4.69) is 20.5 Å². The maximum Gasteiger partial charge on any atom is 0.408 e. The highest BCUT2D eigenvalue weighted by Gasteiger charge is 2.36. The van der Waals surface area contributed by atoms with Gasteiger partial charge in [0.2, 0.25) is 17.7 Å². The molecule has 0 aliphatic rings. The third-order valence-electron chi connectivity index (χ3n) is 4.55. The summed E-state index contributed by atoms with van der Waals surface area (Å²) in [7, 11) is 1.37. The number of aromatic nitrogens is 3. The standard InChI is InChI=1S/C23H26N4O6/c1-22(2,3)33-21(30)25-23(4,13-14-9-7-6-8-10-14)20-27-26-18(32-20)15-11-16(19(28)29)24-17(12-15)31-5/h6-12H,13H2,1-5H3,(H,25,30)(H,28,29). The van der Waals surface area contributed by atoms with E-state index in [1.807, 2.05) is 30.3 Å². The number of rotatable bonds is 7. The smallest absolute Gasteiger partial charge is 0.408 e. The molecule has 1 unspecified atom stereocenters. The lowest BCUT2D eigenvalue weighted by atomic mass is 9.92. The normalized spacial score (nSPS) is 13.1. The maximum atomic E-state index is 12.6. The van der Waals surface area contributed by atoms with Crippen molar-refractivity contribution in [3.63, 3.8) is 0 Å². The number of pyridine rings is 1. The minimum absolute atomic E-state index is 0.0541. The first-order chi connectivity index (χ1) is 15.5. The summed E-state index contributed by atoms with van der Waals surface area (Å²) >= 11 is 0. The number of benzene rings is 1. The van der Waals surface area contributed by atoms with Crippen LogP contribution in [0.25, 0.3) is 11.5 Å².